The maximum absolute atomic E-state index is 13.8. The molecule has 1 aromatic carbocycles. The fourth-order valence-corrected chi connectivity index (χ4v) is 5.20. The number of hydrogen-bond acceptors (Lipinski definition) is 6. The molecule has 2 fully saturated rings. The summed E-state index contributed by atoms with van der Waals surface area (Å²) >= 11 is 0. The topological polar surface area (TPSA) is 121 Å². The second-order valence-electron chi connectivity index (χ2n) is 9.83. The molecule has 0 aliphatic carbocycles. The largest absolute Gasteiger partial charge is 0.393 e. The summed E-state index contributed by atoms with van der Waals surface area (Å²) in [6, 6.07) is 4.34. The van der Waals surface area contributed by atoms with Crippen LogP contribution in [-0.2, 0) is 4.79 Å². The highest BCUT2D eigenvalue weighted by atomic mass is 19.1. The highest BCUT2D eigenvalue weighted by Gasteiger charge is 2.53. The molecule has 2 aliphatic heterocycles. The van der Waals surface area contributed by atoms with Gasteiger partial charge < -0.3 is 10.2 Å². The minimum absolute atomic E-state index is 0.00272. The number of carbonyl (C=O) groups is 2. The minimum atomic E-state index is -1.18. The van der Waals surface area contributed by atoms with Gasteiger partial charge in [0.2, 0.25) is 5.39 Å². The van der Waals surface area contributed by atoms with Crippen LogP contribution in [-0.4, -0.2) is 60.1 Å². The lowest BCUT2D eigenvalue weighted by atomic mass is 9.94. The monoisotopic (exact) mass is 477 g/mol. The van der Waals surface area contributed by atoms with Gasteiger partial charge in [-0.2, -0.15) is 9.78 Å². The van der Waals surface area contributed by atoms with Crippen LogP contribution in [0.15, 0.2) is 30.6 Å². The number of benzene rings is 1. The maximum atomic E-state index is 13.8. The molecule has 0 saturated carbocycles. The van der Waals surface area contributed by atoms with Crippen molar-refractivity contribution in [2.24, 2.45) is 0 Å². The molecular weight excluding hydrogens is 451 g/mol. The van der Waals surface area contributed by atoms with Crippen molar-refractivity contribution >= 4 is 22.7 Å². The number of halogens is 1. The molecule has 2 saturated heterocycles. The van der Waals surface area contributed by atoms with Gasteiger partial charge in [0, 0.05) is 55.8 Å². The van der Waals surface area contributed by atoms with Crippen molar-refractivity contribution in [2.45, 2.75) is 70.1 Å². The Kier molecular flexibility index (Phi) is 5.46. The predicted octanol–water partition coefficient (Wildman–Crippen LogP) is 3.15. The molecule has 2 aromatic heterocycles. The van der Waals surface area contributed by atoms with Crippen molar-refractivity contribution in [2.75, 3.05) is 0 Å². The molecule has 1 N–H and O–H groups in total. The summed E-state index contributed by atoms with van der Waals surface area (Å²) in [4.78, 5) is 39.4. The second-order valence-corrected chi connectivity index (χ2v) is 9.83. The predicted molar refractivity (Wildman–Crippen MR) is 125 cm³/mol. The average Bonchev–Trinajstić information content (AvgIpc) is 3.31. The number of nitrogens with one attached hydrogen (secondary N) is 1. The Morgan fingerprint density at radius 1 is 1.17 bits per heavy atom. The van der Waals surface area contributed by atoms with Crippen LogP contribution in [0.5, 0.6) is 0 Å². The van der Waals surface area contributed by atoms with Crippen molar-refractivity contribution in [3.63, 3.8) is 0 Å². The van der Waals surface area contributed by atoms with E-state index in [2.05, 4.69) is 25.4 Å². The quantitative estimate of drug-likeness (QED) is 0.576. The fourth-order valence-electron chi connectivity index (χ4n) is 5.20. The summed E-state index contributed by atoms with van der Waals surface area (Å²) in [6.07, 6.45) is 5.85. The Hall–Kier alpha value is -3.94. The Balaban J connectivity index is 1.28. The molecular formula is C24H26FN8O2+. The number of amides is 2. The number of hydrogen-bond donors (Lipinski definition) is 1. The van der Waals surface area contributed by atoms with E-state index < -0.39 is 5.54 Å². The van der Waals surface area contributed by atoms with Crippen LogP contribution in [0.3, 0.4) is 0 Å². The molecule has 4 heterocycles. The molecule has 0 radical (unpaired) electrons. The lowest BCUT2D eigenvalue weighted by Crippen LogP contribution is -2.56. The van der Waals surface area contributed by atoms with Gasteiger partial charge in [-0.05, 0) is 44.7 Å². The van der Waals surface area contributed by atoms with Gasteiger partial charge >= 0.3 is 11.4 Å². The van der Waals surface area contributed by atoms with Gasteiger partial charge in [0.1, 0.15) is 10.8 Å². The maximum Gasteiger partial charge on any atom is 0.393 e. The standard InChI is InChI=1S/C24H25FN8O2/c1-13-19-7-4-15(25)8-20(19)33(30-13)23-27-11-14(12-28-23)21(34)29-16-9-17-5-6-18(10-16)32(17)22(35)24(2,3)31-26/h4,7-8,11-12,16-18H,5-6,9-10H2,1-3H3/p+1. The van der Waals surface area contributed by atoms with E-state index in [1.54, 1.807) is 19.9 Å². The number of rotatable bonds is 4. The van der Waals surface area contributed by atoms with E-state index >= 15 is 0 Å². The zero-order valence-corrected chi connectivity index (χ0v) is 19.8. The smallest absolute Gasteiger partial charge is 0.349 e. The number of nitrogens with zero attached hydrogens (tertiary/aromatic N) is 7. The van der Waals surface area contributed by atoms with Crippen molar-refractivity contribution in [1.29, 1.82) is 5.39 Å². The molecule has 11 heteroatoms. The first-order chi connectivity index (χ1) is 16.7. The fraction of sp³-hybridized carbons (Fsp3) is 0.458. The Bertz CT molecular complexity index is 1350. The van der Waals surface area contributed by atoms with Gasteiger partial charge in [0.25, 0.3) is 11.9 Å². The molecule has 2 amide bonds. The van der Waals surface area contributed by atoms with E-state index in [1.807, 2.05) is 11.8 Å². The second kappa shape index (κ2) is 8.37. The summed E-state index contributed by atoms with van der Waals surface area (Å²) in [5.41, 5.74) is 0.397. The molecule has 35 heavy (non-hydrogen) atoms. The van der Waals surface area contributed by atoms with Crippen LogP contribution >= 0.6 is 0 Å². The van der Waals surface area contributed by atoms with E-state index in [0.29, 0.717) is 23.9 Å². The Morgan fingerprint density at radius 2 is 1.83 bits per heavy atom. The van der Waals surface area contributed by atoms with Crippen LogP contribution < -0.4 is 5.32 Å². The number of diazo groups is 1. The van der Waals surface area contributed by atoms with E-state index in [-0.39, 0.29) is 41.7 Å². The van der Waals surface area contributed by atoms with Crippen molar-refractivity contribution < 1.29 is 14.0 Å². The third kappa shape index (κ3) is 3.99. The van der Waals surface area contributed by atoms with Gasteiger partial charge in [-0.25, -0.2) is 14.4 Å². The van der Waals surface area contributed by atoms with Crippen LogP contribution in [0.4, 0.5) is 4.39 Å². The van der Waals surface area contributed by atoms with Gasteiger partial charge in [-0.3, -0.25) is 9.59 Å². The lowest BCUT2D eigenvalue weighted by Gasteiger charge is -2.39. The highest BCUT2D eigenvalue weighted by Crippen LogP contribution is 2.38. The Morgan fingerprint density at radius 3 is 2.46 bits per heavy atom. The number of piperidine rings is 1. The van der Waals surface area contributed by atoms with E-state index in [0.717, 1.165) is 23.9 Å². The van der Waals surface area contributed by atoms with E-state index in [1.165, 1.54) is 29.2 Å². The Labute approximate surface area is 201 Å². The first-order valence-corrected chi connectivity index (χ1v) is 11.6. The molecule has 2 atom stereocenters. The molecule has 5 rings (SSSR count). The van der Waals surface area contributed by atoms with Gasteiger partial charge in [0.15, 0.2) is 0 Å². The normalized spacial score (nSPS) is 21.7. The highest BCUT2D eigenvalue weighted by molar-refractivity contribution is 5.94. The number of aromatic nitrogens is 4. The molecule has 3 aromatic rings. The zero-order chi connectivity index (χ0) is 24.9. The van der Waals surface area contributed by atoms with Gasteiger partial charge in [-0.1, -0.05) is 0 Å². The molecule has 2 aliphatic rings. The summed E-state index contributed by atoms with van der Waals surface area (Å²) in [6.45, 7) is 5.01. The van der Waals surface area contributed by atoms with E-state index in [9.17, 15) is 19.4 Å². The SMILES string of the molecule is Cc1nn(-c2ncc(C(=O)NC3CC4CCC(C3)N4C(=O)C(C)(C)[N+]#N)cn2)c2cc(F)ccc12. The van der Waals surface area contributed by atoms with Crippen LogP contribution in [0.1, 0.15) is 55.6 Å². The van der Waals surface area contributed by atoms with Crippen molar-refractivity contribution in [3.8, 4) is 5.95 Å². The first kappa shape index (κ1) is 22.8. The van der Waals surface area contributed by atoms with Gasteiger partial charge in [0.05, 0.1) is 16.8 Å². The van der Waals surface area contributed by atoms with Gasteiger partial charge in [-0.15, -0.1) is 0 Å². The molecule has 0 spiro atoms. The van der Waals surface area contributed by atoms with Crippen LogP contribution in [0.2, 0.25) is 0 Å². The first-order valence-electron chi connectivity index (χ1n) is 11.6. The number of fused-ring (bicyclic) bond motifs is 3. The zero-order valence-electron chi connectivity index (χ0n) is 19.8. The average molecular weight is 478 g/mol. The van der Waals surface area contributed by atoms with Crippen LogP contribution in [0.25, 0.3) is 21.8 Å². The lowest BCUT2D eigenvalue weighted by molar-refractivity contribution is -0.139. The molecule has 2 bridgehead atoms. The summed E-state index contributed by atoms with van der Waals surface area (Å²) < 4.78 is 15.2. The summed E-state index contributed by atoms with van der Waals surface area (Å²) in [7, 11) is 0. The minimum Gasteiger partial charge on any atom is -0.349 e. The third-order valence-corrected chi connectivity index (χ3v) is 6.99. The molecule has 10 nitrogen and oxygen atoms in total. The van der Waals surface area contributed by atoms with Crippen molar-refractivity contribution in [1.82, 2.24) is 30.0 Å². The molecule has 180 valence electrons. The molecule has 2 unspecified atom stereocenters. The number of carbonyl (C=O) groups excluding carboxylic acids is 2. The van der Waals surface area contributed by atoms with Crippen molar-refractivity contribution in [3.05, 3.63) is 52.6 Å². The third-order valence-electron chi connectivity index (χ3n) is 6.99. The summed E-state index contributed by atoms with van der Waals surface area (Å²) in [5.74, 6) is -0.626. The summed E-state index contributed by atoms with van der Waals surface area (Å²) in [5, 5.41) is 17.5. The van der Waals surface area contributed by atoms with E-state index in [4.69, 9.17) is 0 Å². The number of aryl methyl sites for hydroxylation is 1. The van der Waals surface area contributed by atoms with Crippen LogP contribution in [0, 0.1) is 18.1 Å².